The lowest BCUT2D eigenvalue weighted by Gasteiger charge is -2.55. The van der Waals surface area contributed by atoms with Crippen molar-refractivity contribution >= 4 is 23.7 Å². The summed E-state index contributed by atoms with van der Waals surface area (Å²) in [7, 11) is 0. The predicted octanol–water partition coefficient (Wildman–Crippen LogP) is 5.37. The zero-order valence-corrected chi connectivity index (χ0v) is 23.7. The molecule has 6 atom stereocenters. The van der Waals surface area contributed by atoms with E-state index in [9.17, 15) is 19.5 Å². The molecule has 0 radical (unpaired) electrons. The Balaban J connectivity index is 1.42. The van der Waals surface area contributed by atoms with Gasteiger partial charge in [0.2, 0.25) is 0 Å². The van der Waals surface area contributed by atoms with Crippen LogP contribution in [-0.4, -0.2) is 81.3 Å². The summed E-state index contributed by atoms with van der Waals surface area (Å²) in [5.41, 5.74) is 0.640. The molecule has 3 heterocycles. The number of hydrogen-bond acceptors (Lipinski definition) is 5. The molecular formula is C31H45N3O6. The van der Waals surface area contributed by atoms with E-state index in [1.807, 2.05) is 11.0 Å². The molecule has 1 aromatic carbocycles. The molecule has 4 fully saturated rings. The number of nitrogens with zero attached hydrogens (tertiary/aromatic N) is 3. The van der Waals surface area contributed by atoms with Crippen molar-refractivity contribution in [3.63, 3.8) is 0 Å². The van der Waals surface area contributed by atoms with Crippen molar-refractivity contribution < 1.29 is 29.3 Å². The molecule has 1 unspecified atom stereocenters. The second-order valence-electron chi connectivity index (χ2n) is 12.3. The topological polar surface area (TPSA) is 111 Å². The highest BCUT2D eigenvalue weighted by atomic mass is 16.5. The molecule has 9 heteroatoms. The van der Waals surface area contributed by atoms with Gasteiger partial charge in [-0.05, 0) is 69.4 Å². The number of ether oxygens (including phenoxy) is 1. The molecule has 2 bridgehead atoms. The van der Waals surface area contributed by atoms with Crippen LogP contribution in [0.3, 0.4) is 0 Å². The van der Waals surface area contributed by atoms with E-state index in [4.69, 9.17) is 9.84 Å². The van der Waals surface area contributed by atoms with Gasteiger partial charge >= 0.3 is 18.0 Å². The molecule has 1 saturated carbocycles. The maximum Gasteiger partial charge on any atom is 0.341 e. The van der Waals surface area contributed by atoms with Gasteiger partial charge in [0, 0.05) is 42.5 Å². The Hall–Kier alpha value is -2.81. The van der Waals surface area contributed by atoms with Gasteiger partial charge in [0.15, 0.2) is 6.61 Å². The van der Waals surface area contributed by atoms with Crippen molar-refractivity contribution in [3.8, 4) is 5.75 Å². The summed E-state index contributed by atoms with van der Waals surface area (Å²) in [4.78, 5) is 43.5. The minimum atomic E-state index is -1.07. The van der Waals surface area contributed by atoms with E-state index in [2.05, 4.69) is 11.8 Å². The maximum atomic E-state index is 14.2. The average molecular weight is 556 g/mol. The summed E-state index contributed by atoms with van der Waals surface area (Å²) in [6.07, 6.45) is 14.1. The molecule has 2 amide bonds. The van der Waals surface area contributed by atoms with Gasteiger partial charge in [-0.25, -0.2) is 14.4 Å². The van der Waals surface area contributed by atoms with E-state index in [1.54, 1.807) is 18.2 Å². The van der Waals surface area contributed by atoms with Crippen LogP contribution in [0.2, 0.25) is 0 Å². The van der Waals surface area contributed by atoms with E-state index >= 15 is 0 Å². The number of carbonyl (C=O) groups excluding carboxylic acids is 1. The molecule has 0 spiro atoms. The van der Waals surface area contributed by atoms with Crippen LogP contribution >= 0.6 is 0 Å². The Labute approximate surface area is 237 Å². The maximum absolute atomic E-state index is 14.2. The van der Waals surface area contributed by atoms with Crippen molar-refractivity contribution in [2.24, 2.45) is 5.92 Å². The Morgan fingerprint density at radius 3 is 2.33 bits per heavy atom. The number of benzene rings is 1. The standard InChI is InChI=1S/C31H45N3O6/c1-2-7-21-8-3-9-22(16-21)33-23-10-4-11-24(33)18-26(17-23)34(31(39)32-15-6-14-28(32)30(37)38)25-12-5-13-27(19-25)40-20-29(35)36/h5,12-13,19,21-24,26,28H,2-4,6-11,14-18,20H2,1H3,(H,35,36)(H,37,38)/t21-,22-,23-,24+,26?,28-/m1/s1. The Morgan fingerprint density at radius 2 is 1.65 bits per heavy atom. The van der Waals surface area contributed by atoms with Crippen LogP contribution in [0.15, 0.2) is 24.3 Å². The fourth-order valence-corrected chi connectivity index (χ4v) is 8.14. The van der Waals surface area contributed by atoms with Crippen LogP contribution in [0.4, 0.5) is 10.5 Å². The third-order valence-electron chi connectivity index (χ3n) is 9.69. The van der Waals surface area contributed by atoms with Crippen LogP contribution in [0.5, 0.6) is 5.75 Å². The van der Waals surface area contributed by atoms with Gasteiger partial charge in [0.05, 0.1) is 0 Å². The Morgan fingerprint density at radius 1 is 0.950 bits per heavy atom. The first-order chi connectivity index (χ1) is 19.4. The lowest BCUT2D eigenvalue weighted by Crippen LogP contribution is -2.62. The second kappa shape index (κ2) is 12.8. The summed E-state index contributed by atoms with van der Waals surface area (Å²) in [6, 6.07) is 7.36. The van der Waals surface area contributed by atoms with E-state index in [-0.39, 0.29) is 12.1 Å². The number of anilines is 1. The lowest BCUT2D eigenvalue weighted by atomic mass is 9.75. The summed E-state index contributed by atoms with van der Waals surface area (Å²) >= 11 is 0. The summed E-state index contributed by atoms with van der Waals surface area (Å²) in [5.74, 6) is -0.827. The van der Waals surface area contributed by atoms with Crippen LogP contribution in [0.25, 0.3) is 0 Å². The number of carbonyl (C=O) groups is 3. The first-order valence-corrected chi connectivity index (χ1v) is 15.4. The number of carboxylic acids is 2. The minimum absolute atomic E-state index is 0.0566. The van der Waals surface area contributed by atoms with E-state index in [1.165, 1.54) is 49.8 Å². The van der Waals surface area contributed by atoms with Crippen molar-refractivity contribution in [1.29, 1.82) is 0 Å². The highest BCUT2D eigenvalue weighted by Crippen LogP contribution is 2.43. The number of carboxylic acid groups (broad SMARTS) is 2. The summed E-state index contributed by atoms with van der Waals surface area (Å²) < 4.78 is 5.46. The van der Waals surface area contributed by atoms with Gasteiger partial charge in [-0.15, -0.1) is 0 Å². The monoisotopic (exact) mass is 555 g/mol. The van der Waals surface area contributed by atoms with Crippen LogP contribution in [0, 0.1) is 5.92 Å². The van der Waals surface area contributed by atoms with Gasteiger partial charge in [0.1, 0.15) is 11.8 Å². The second-order valence-corrected chi connectivity index (χ2v) is 12.3. The minimum Gasteiger partial charge on any atom is -0.482 e. The van der Waals surface area contributed by atoms with Crippen molar-refractivity contribution in [2.45, 2.75) is 121 Å². The number of fused-ring (bicyclic) bond motifs is 2. The number of likely N-dealkylation sites (tertiary alicyclic amines) is 1. The highest BCUT2D eigenvalue weighted by Gasteiger charge is 2.47. The van der Waals surface area contributed by atoms with Gasteiger partial charge in [-0.1, -0.05) is 45.1 Å². The SMILES string of the molecule is CCC[C@@H]1CCC[C@@H](N2[C@@H]3CCC[C@H]2CC(N(C(=O)N2CCC[C@@H]2C(=O)O)c2cccc(OCC(=O)O)c2)C3)C1. The van der Waals surface area contributed by atoms with Gasteiger partial charge in [0.25, 0.3) is 0 Å². The molecule has 220 valence electrons. The lowest BCUT2D eigenvalue weighted by molar-refractivity contribution is -0.141. The average Bonchev–Trinajstić information content (AvgIpc) is 3.43. The molecule has 4 aliphatic rings. The zero-order chi connectivity index (χ0) is 28.2. The van der Waals surface area contributed by atoms with Crippen LogP contribution in [-0.2, 0) is 9.59 Å². The fraction of sp³-hybridized carbons (Fsp3) is 0.710. The molecule has 1 aliphatic carbocycles. The third-order valence-corrected chi connectivity index (χ3v) is 9.69. The van der Waals surface area contributed by atoms with Crippen molar-refractivity contribution in [1.82, 2.24) is 9.80 Å². The summed E-state index contributed by atoms with van der Waals surface area (Å²) in [5, 5.41) is 18.9. The Kier molecular flexibility index (Phi) is 9.18. The normalized spacial score (nSPS) is 30.6. The third kappa shape index (κ3) is 6.24. The first kappa shape index (κ1) is 28.7. The van der Waals surface area contributed by atoms with E-state index in [0.717, 1.165) is 31.6 Å². The molecule has 1 aromatic rings. The molecule has 9 nitrogen and oxygen atoms in total. The quantitative estimate of drug-likeness (QED) is 0.421. The molecule has 40 heavy (non-hydrogen) atoms. The summed E-state index contributed by atoms with van der Waals surface area (Å²) in [6.45, 7) is 2.24. The number of urea groups is 1. The largest absolute Gasteiger partial charge is 0.482 e. The molecule has 0 aromatic heterocycles. The van der Waals surface area contributed by atoms with E-state index in [0.29, 0.717) is 48.9 Å². The molecule has 3 saturated heterocycles. The molecule has 3 aliphatic heterocycles. The fourth-order valence-electron chi connectivity index (χ4n) is 8.14. The van der Waals surface area contributed by atoms with Crippen LogP contribution < -0.4 is 9.64 Å². The van der Waals surface area contributed by atoms with Crippen molar-refractivity contribution in [3.05, 3.63) is 24.3 Å². The highest BCUT2D eigenvalue weighted by molar-refractivity contribution is 5.95. The van der Waals surface area contributed by atoms with Crippen LogP contribution in [0.1, 0.15) is 90.4 Å². The molecule has 2 N–H and O–H groups in total. The number of aliphatic carboxylic acids is 2. The number of amides is 2. The number of piperidine rings is 2. The first-order valence-electron chi connectivity index (χ1n) is 15.4. The molecule has 5 rings (SSSR count). The van der Waals surface area contributed by atoms with Gasteiger partial charge in [-0.3, -0.25) is 9.80 Å². The van der Waals surface area contributed by atoms with E-state index < -0.39 is 24.6 Å². The van der Waals surface area contributed by atoms with Crippen molar-refractivity contribution in [2.75, 3.05) is 18.1 Å². The Bertz CT molecular complexity index is 1050. The number of hydrogen-bond donors (Lipinski definition) is 2. The smallest absolute Gasteiger partial charge is 0.341 e. The van der Waals surface area contributed by atoms with Gasteiger partial charge < -0.3 is 19.8 Å². The number of rotatable bonds is 9. The zero-order valence-electron chi connectivity index (χ0n) is 23.7. The molecular weight excluding hydrogens is 510 g/mol. The van der Waals surface area contributed by atoms with Gasteiger partial charge in [-0.2, -0.15) is 0 Å². The predicted molar refractivity (Wildman–Crippen MR) is 152 cm³/mol.